The Kier molecular flexibility index (Phi) is 2.72. The van der Waals surface area contributed by atoms with Crippen molar-refractivity contribution in [1.82, 2.24) is 0 Å². The number of benzene rings is 1. The van der Waals surface area contributed by atoms with E-state index in [2.05, 4.69) is 6.07 Å². The molecule has 5 nitrogen and oxygen atoms in total. The van der Waals surface area contributed by atoms with E-state index >= 15 is 0 Å². The third-order valence-corrected chi connectivity index (χ3v) is 3.67. The Bertz CT molecular complexity index is 740. The number of carbonyl (C=O) groups is 1. The van der Waals surface area contributed by atoms with Crippen LogP contribution in [0.5, 0.6) is 0 Å². The summed E-state index contributed by atoms with van der Waals surface area (Å²) in [6.45, 7) is 0. The number of furan rings is 1. The van der Waals surface area contributed by atoms with Gasteiger partial charge in [0.2, 0.25) is 11.8 Å². The van der Waals surface area contributed by atoms with Gasteiger partial charge in [0.25, 0.3) is 0 Å². The number of anilines is 2. The molecule has 2 N–H and O–H groups in total. The van der Waals surface area contributed by atoms with E-state index in [4.69, 9.17) is 15.4 Å². The van der Waals surface area contributed by atoms with Crippen LogP contribution in [-0.2, 0) is 11.2 Å². The molecule has 1 aromatic heterocycles. The molecule has 2 heterocycles. The Labute approximate surface area is 116 Å². The molecule has 0 atom stereocenters. The first-order valence-corrected chi connectivity index (χ1v) is 6.28. The first-order valence-electron chi connectivity index (χ1n) is 6.28. The summed E-state index contributed by atoms with van der Waals surface area (Å²) >= 11 is 0. The van der Waals surface area contributed by atoms with Gasteiger partial charge in [0.15, 0.2) is 0 Å². The SMILES string of the molecule is CN1C(=O)CCc2cc(-c3coc(N)c3C#N)ccc21. The summed E-state index contributed by atoms with van der Waals surface area (Å²) in [4.78, 5) is 13.3. The fourth-order valence-electron chi connectivity index (χ4n) is 2.52. The number of nitriles is 1. The number of rotatable bonds is 1. The van der Waals surface area contributed by atoms with Gasteiger partial charge in [-0.3, -0.25) is 4.79 Å². The smallest absolute Gasteiger partial charge is 0.227 e. The summed E-state index contributed by atoms with van der Waals surface area (Å²) in [5.74, 6) is 0.253. The normalized spacial score (nSPS) is 14.0. The lowest BCUT2D eigenvalue weighted by molar-refractivity contribution is -0.118. The van der Waals surface area contributed by atoms with Crippen molar-refractivity contribution in [3.05, 3.63) is 35.6 Å². The molecule has 1 aromatic carbocycles. The predicted molar refractivity (Wildman–Crippen MR) is 75.0 cm³/mol. The first-order chi connectivity index (χ1) is 9.61. The molecule has 0 saturated heterocycles. The molecule has 0 radical (unpaired) electrons. The van der Waals surface area contributed by atoms with E-state index in [1.807, 2.05) is 18.2 Å². The van der Waals surface area contributed by atoms with Gasteiger partial charge >= 0.3 is 0 Å². The molecule has 100 valence electrons. The molecule has 20 heavy (non-hydrogen) atoms. The van der Waals surface area contributed by atoms with Crippen molar-refractivity contribution in [1.29, 1.82) is 5.26 Å². The second kappa shape index (κ2) is 4.42. The average Bonchev–Trinajstić information content (AvgIpc) is 2.83. The standard InChI is InChI=1S/C15H13N3O2/c1-18-13-4-2-9(6-10(13)3-5-14(18)19)12-8-20-15(17)11(12)7-16/h2,4,6,8H,3,5,17H2,1H3. The molecule has 3 rings (SSSR count). The van der Waals surface area contributed by atoms with E-state index in [1.54, 1.807) is 11.9 Å². The van der Waals surface area contributed by atoms with Crippen molar-refractivity contribution in [2.45, 2.75) is 12.8 Å². The third-order valence-electron chi connectivity index (χ3n) is 3.67. The highest BCUT2D eigenvalue weighted by atomic mass is 16.3. The molecule has 0 saturated carbocycles. The predicted octanol–water partition coefficient (Wildman–Crippen LogP) is 2.31. The molecule has 2 aromatic rings. The van der Waals surface area contributed by atoms with E-state index < -0.39 is 0 Å². The quantitative estimate of drug-likeness (QED) is 0.859. The lowest BCUT2D eigenvalue weighted by Gasteiger charge is -2.26. The van der Waals surface area contributed by atoms with Crippen LogP contribution in [0, 0.1) is 11.3 Å². The summed E-state index contributed by atoms with van der Waals surface area (Å²) in [5.41, 5.74) is 9.55. The van der Waals surface area contributed by atoms with Crippen LogP contribution in [0.15, 0.2) is 28.9 Å². The molecular formula is C15H13N3O2. The van der Waals surface area contributed by atoms with Gasteiger partial charge in [0.05, 0.1) is 0 Å². The molecule has 1 aliphatic heterocycles. The van der Waals surface area contributed by atoms with E-state index in [-0.39, 0.29) is 11.8 Å². The van der Waals surface area contributed by atoms with Crippen molar-refractivity contribution in [2.75, 3.05) is 17.7 Å². The maximum absolute atomic E-state index is 11.7. The van der Waals surface area contributed by atoms with Crippen molar-refractivity contribution in [2.24, 2.45) is 0 Å². The third kappa shape index (κ3) is 1.74. The largest absolute Gasteiger partial charge is 0.447 e. The minimum Gasteiger partial charge on any atom is -0.447 e. The van der Waals surface area contributed by atoms with Crippen LogP contribution in [0.4, 0.5) is 11.6 Å². The van der Waals surface area contributed by atoms with Gasteiger partial charge in [-0.15, -0.1) is 0 Å². The fraction of sp³-hybridized carbons (Fsp3) is 0.200. The summed E-state index contributed by atoms with van der Waals surface area (Å²) in [7, 11) is 1.77. The van der Waals surface area contributed by atoms with Crippen LogP contribution in [0.2, 0.25) is 0 Å². The number of nitrogens with zero attached hydrogens (tertiary/aromatic N) is 2. The minimum atomic E-state index is 0.121. The van der Waals surface area contributed by atoms with Crippen molar-refractivity contribution in [3.8, 4) is 17.2 Å². The van der Waals surface area contributed by atoms with E-state index in [0.717, 1.165) is 16.8 Å². The number of carbonyl (C=O) groups excluding carboxylic acids is 1. The molecule has 0 spiro atoms. The highest BCUT2D eigenvalue weighted by Gasteiger charge is 2.22. The Morgan fingerprint density at radius 1 is 1.40 bits per heavy atom. The number of amides is 1. The molecule has 1 amide bonds. The molecule has 0 fully saturated rings. The monoisotopic (exact) mass is 267 g/mol. The number of aryl methyl sites for hydroxylation is 1. The lowest BCUT2D eigenvalue weighted by Crippen LogP contribution is -2.30. The summed E-state index contributed by atoms with van der Waals surface area (Å²) < 4.78 is 5.11. The number of hydrogen-bond donors (Lipinski definition) is 1. The highest BCUT2D eigenvalue weighted by Crippen LogP contribution is 2.34. The molecule has 5 heteroatoms. The summed E-state index contributed by atoms with van der Waals surface area (Å²) in [5, 5.41) is 9.12. The Balaban J connectivity index is 2.10. The van der Waals surface area contributed by atoms with E-state index in [0.29, 0.717) is 24.0 Å². The van der Waals surface area contributed by atoms with Gasteiger partial charge in [-0.05, 0) is 29.7 Å². The zero-order valence-electron chi connectivity index (χ0n) is 11.0. The second-order valence-corrected chi connectivity index (χ2v) is 4.80. The Morgan fingerprint density at radius 2 is 2.20 bits per heavy atom. The topological polar surface area (TPSA) is 83.3 Å². The maximum atomic E-state index is 11.7. The van der Waals surface area contributed by atoms with Gasteiger partial charge in [0.1, 0.15) is 17.9 Å². The van der Waals surface area contributed by atoms with Crippen molar-refractivity contribution < 1.29 is 9.21 Å². The van der Waals surface area contributed by atoms with Crippen LogP contribution in [-0.4, -0.2) is 13.0 Å². The van der Waals surface area contributed by atoms with Crippen LogP contribution < -0.4 is 10.6 Å². The summed E-state index contributed by atoms with van der Waals surface area (Å²) in [6.07, 6.45) is 2.71. The first kappa shape index (κ1) is 12.3. The Hall–Kier alpha value is -2.74. The van der Waals surface area contributed by atoms with E-state index in [9.17, 15) is 4.79 Å². The van der Waals surface area contributed by atoms with Crippen LogP contribution in [0.25, 0.3) is 11.1 Å². The second-order valence-electron chi connectivity index (χ2n) is 4.80. The summed E-state index contributed by atoms with van der Waals surface area (Å²) in [6, 6.07) is 7.81. The molecule has 0 bridgehead atoms. The zero-order valence-corrected chi connectivity index (χ0v) is 11.0. The number of nitrogen functional groups attached to an aromatic ring is 1. The van der Waals surface area contributed by atoms with E-state index in [1.165, 1.54) is 6.26 Å². The number of fused-ring (bicyclic) bond motifs is 1. The molecular weight excluding hydrogens is 254 g/mol. The number of nitrogens with two attached hydrogens (primary N) is 1. The molecule has 1 aliphatic rings. The fourth-order valence-corrected chi connectivity index (χ4v) is 2.52. The highest BCUT2D eigenvalue weighted by molar-refractivity contribution is 5.96. The van der Waals surface area contributed by atoms with Gasteiger partial charge < -0.3 is 15.1 Å². The minimum absolute atomic E-state index is 0.121. The Morgan fingerprint density at radius 3 is 2.95 bits per heavy atom. The van der Waals surface area contributed by atoms with Crippen LogP contribution in [0.1, 0.15) is 17.5 Å². The van der Waals surface area contributed by atoms with Crippen molar-refractivity contribution >= 4 is 17.5 Å². The molecule has 0 unspecified atom stereocenters. The van der Waals surface area contributed by atoms with Gasteiger partial charge in [-0.2, -0.15) is 5.26 Å². The number of hydrogen-bond acceptors (Lipinski definition) is 4. The zero-order chi connectivity index (χ0) is 14.3. The van der Waals surface area contributed by atoms with Gasteiger partial charge in [-0.1, -0.05) is 6.07 Å². The molecule has 0 aliphatic carbocycles. The van der Waals surface area contributed by atoms with Gasteiger partial charge in [-0.25, -0.2) is 0 Å². The average molecular weight is 267 g/mol. The van der Waals surface area contributed by atoms with Crippen molar-refractivity contribution in [3.63, 3.8) is 0 Å². The van der Waals surface area contributed by atoms with Crippen LogP contribution in [0.3, 0.4) is 0 Å². The lowest BCUT2D eigenvalue weighted by atomic mass is 9.96. The van der Waals surface area contributed by atoms with Crippen LogP contribution >= 0.6 is 0 Å². The maximum Gasteiger partial charge on any atom is 0.227 e. The van der Waals surface area contributed by atoms with Gasteiger partial charge in [0, 0.05) is 24.7 Å².